The maximum atomic E-state index is 13.5. The van der Waals surface area contributed by atoms with Crippen molar-refractivity contribution in [3.63, 3.8) is 0 Å². The minimum absolute atomic E-state index is 0.0151. The molecule has 0 aliphatic carbocycles. The van der Waals surface area contributed by atoms with E-state index in [1.54, 1.807) is 17.5 Å². The van der Waals surface area contributed by atoms with Crippen LogP contribution in [0.4, 0.5) is 15.9 Å². The Balaban J connectivity index is 1.38. The van der Waals surface area contributed by atoms with Gasteiger partial charge in [0, 0.05) is 52.0 Å². The summed E-state index contributed by atoms with van der Waals surface area (Å²) in [7, 11) is 3.96. The number of ether oxygens (including phenoxy) is 1. The number of fused-ring (bicyclic) bond motifs is 1. The Kier molecular flexibility index (Phi) is 7.66. The summed E-state index contributed by atoms with van der Waals surface area (Å²) in [6.45, 7) is 5.84. The maximum Gasteiger partial charge on any atom is 0.287 e. The quantitative estimate of drug-likeness (QED) is 0.353. The lowest BCUT2D eigenvalue weighted by Crippen LogP contribution is -2.49. The van der Waals surface area contributed by atoms with E-state index < -0.39 is 0 Å². The van der Waals surface area contributed by atoms with Gasteiger partial charge in [-0.1, -0.05) is 6.92 Å². The summed E-state index contributed by atoms with van der Waals surface area (Å²) in [5.41, 5.74) is 4.67. The zero-order valence-electron chi connectivity index (χ0n) is 22.0. The number of pyridine rings is 1. The second-order valence-electron chi connectivity index (χ2n) is 9.44. The summed E-state index contributed by atoms with van der Waals surface area (Å²) in [5.74, 6) is 0.689. The molecule has 1 N–H and O–H groups in total. The lowest BCUT2D eigenvalue weighted by Gasteiger charge is -2.37. The number of anilines is 2. The number of halogens is 1. The van der Waals surface area contributed by atoms with Gasteiger partial charge >= 0.3 is 0 Å². The largest absolute Gasteiger partial charge is 0.457 e. The van der Waals surface area contributed by atoms with Crippen LogP contribution in [0.3, 0.4) is 0 Å². The molecule has 2 aromatic heterocycles. The number of aryl methyl sites for hydroxylation is 1. The van der Waals surface area contributed by atoms with E-state index in [2.05, 4.69) is 62.1 Å². The molecule has 202 valence electrons. The van der Waals surface area contributed by atoms with Crippen molar-refractivity contribution >= 4 is 41.5 Å². The topological polar surface area (TPSA) is 72.1 Å². The van der Waals surface area contributed by atoms with Crippen molar-refractivity contribution in [2.45, 2.75) is 19.4 Å². The Labute approximate surface area is 227 Å². The smallest absolute Gasteiger partial charge is 0.287 e. The van der Waals surface area contributed by atoms with Crippen molar-refractivity contribution in [1.29, 1.82) is 0 Å². The molecule has 1 saturated heterocycles. The number of rotatable bonds is 7. The first kappa shape index (κ1) is 26.2. The number of aliphatic imine (C=N–C) groups is 1. The van der Waals surface area contributed by atoms with Crippen molar-refractivity contribution in [1.82, 2.24) is 19.3 Å². The van der Waals surface area contributed by atoms with Gasteiger partial charge < -0.3 is 19.6 Å². The summed E-state index contributed by atoms with van der Waals surface area (Å²) in [5, 5.41) is 15.1. The van der Waals surface area contributed by atoms with E-state index >= 15 is 0 Å². The molecule has 4 heterocycles. The third-order valence-corrected chi connectivity index (χ3v) is 7.42. The highest BCUT2D eigenvalue weighted by atomic mass is 32.1. The molecule has 1 atom stereocenters. The molecule has 9 nitrogen and oxygen atoms in total. The first-order chi connectivity index (χ1) is 18.4. The number of hydrogen-bond acceptors (Lipinski definition) is 9. The van der Waals surface area contributed by atoms with Gasteiger partial charge in [0.25, 0.3) is 6.02 Å². The van der Waals surface area contributed by atoms with Crippen LogP contribution in [0.15, 0.2) is 53.0 Å². The summed E-state index contributed by atoms with van der Waals surface area (Å²) >= 11 is 4.46. The molecule has 1 aromatic carbocycles. The number of aliphatic hydroxyl groups is 1. The van der Waals surface area contributed by atoms with Gasteiger partial charge in [0.2, 0.25) is 0 Å². The van der Waals surface area contributed by atoms with Crippen LogP contribution in [0.1, 0.15) is 18.2 Å². The molecular formula is C27H34FN7O2S. The Morgan fingerprint density at radius 2 is 1.84 bits per heavy atom. The molecule has 38 heavy (non-hydrogen) atoms. The molecular weight excluding hydrogens is 505 g/mol. The molecule has 0 radical (unpaired) electrons. The van der Waals surface area contributed by atoms with Gasteiger partial charge in [0.05, 0.1) is 30.2 Å². The maximum absolute atomic E-state index is 13.5. The van der Waals surface area contributed by atoms with Crippen molar-refractivity contribution < 1.29 is 14.2 Å². The fourth-order valence-electron chi connectivity index (χ4n) is 4.93. The van der Waals surface area contributed by atoms with Crippen molar-refractivity contribution in [2.75, 3.05) is 63.3 Å². The van der Waals surface area contributed by atoms with Gasteiger partial charge in [0.15, 0.2) is 5.82 Å². The first-order valence-corrected chi connectivity index (χ1v) is 13.4. The molecule has 1 unspecified atom stereocenters. The van der Waals surface area contributed by atoms with Crippen molar-refractivity contribution in [2.24, 2.45) is 4.99 Å². The van der Waals surface area contributed by atoms with E-state index in [1.165, 1.54) is 12.1 Å². The Morgan fingerprint density at radius 3 is 2.47 bits per heavy atom. The standard InChI is InChI=1S/C27H34FN7O2S/c1-4-23-26(32(3)31(2)24(18-38)19-5-7-20(28)8-6-19)35-16-21(9-10-25(35)30-23)33-11-13-34(14-12-33)27-29-15-22(17-36)37-27/h5-10,16,18,22,36,38H,4,11-15,17H2,1-3H3/b24-18-. The van der Waals surface area contributed by atoms with Crippen LogP contribution in [0.25, 0.3) is 11.3 Å². The van der Waals surface area contributed by atoms with E-state index in [-0.39, 0.29) is 18.5 Å². The monoisotopic (exact) mass is 539 g/mol. The number of thiol groups is 1. The molecule has 0 saturated carbocycles. The molecule has 0 amide bonds. The summed E-state index contributed by atoms with van der Waals surface area (Å²) < 4.78 is 21.4. The summed E-state index contributed by atoms with van der Waals surface area (Å²) in [6.07, 6.45) is 2.69. The van der Waals surface area contributed by atoms with Crippen LogP contribution in [0.2, 0.25) is 0 Å². The fraction of sp³-hybridized carbons (Fsp3) is 0.407. The number of benzene rings is 1. The van der Waals surface area contributed by atoms with E-state index in [1.807, 2.05) is 19.1 Å². The van der Waals surface area contributed by atoms with Crippen molar-refractivity contribution in [3.8, 4) is 0 Å². The lowest BCUT2D eigenvalue weighted by atomic mass is 10.1. The normalized spacial score (nSPS) is 18.1. The van der Waals surface area contributed by atoms with Gasteiger partial charge in [-0.3, -0.25) is 14.4 Å². The van der Waals surface area contributed by atoms with Crippen LogP contribution >= 0.6 is 12.6 Å². The summed E-state index contributed by atoms with van der Waals surface area (Å²) in [4.78, 5) is 13.8. The molecule has 2 aliphatic heterocycles. The molecule has 0 spiro atoms. The Morgan fingerprint density at radius 1 is 1.13 bits per heavy atom. The third-order valence-electron chi connectivity index (χ3n) is 7.17. The second kappa shape index (κ2) is 11.1. The van der Waals surface area contributed by atoms with Gasteiger partial charge in [0.1, 0.15) is 17.6 Å². The highest BCUT2D eigenvalue weighted by Gasteiger charge is 2.28. The number of imidazole rings is 1. The van der Waals surface area contributed by atoms with Gasteiger partial charge in [-0.2, -0.15) is 0 Å². The second-order valence-corrected chi connectivity index (χ2v) is 9.70. The van der Waals surface area contributed by atoms with Gasteiger partial charge in [-0.15, -0.1) is 12.6 Å². The number of nitrogens with zero attached hydrogens (tertiary/aromatic N) is 7. The van der Waals surface area contributed by atoms with Gasteiger partial charge in [-0.05, 0) is 48.2 Å². The first-order valence-electron chi connectivity index (χ1n) is 12.8. The molecule has 5 rings (SSSR count). The molecule has 11 heteroatoms. The number of amidine groups is 1. The SMILES string of the molecule is CCc1nc2ccc(N3CCN(C4=NCC(CO)O4)CC3)cn2c1N(C)N(C)/C(=C\S)c1ccc(F)cc1. The number of piperazine rings is 1. The number of aromatic nitrogens is 2. The molecule has 3 aromatic rings. The average molecular weight is 540 g/mol. The minimum atomic E-state index is -0.273. The minimum Gasteiger partial charge on any atom is -0.457 e. The van der Waals surface area contributed by atoms with Crippen LogP contribution in [0.5, 0.6) is 0 Å². The Bertz CT molecular complexity index is 1340. The van der Waals surface area contributed by atoms with Crippen LogP contribution in [-0.4, -0.2) is 90.0 Å². The van der Waals surface area contributed by atoms with Gasteiger partial charge in [-0.25, -0.2) is 14.4 Å². The van der Waals surface area contributed by atoms with Crippen LogP contribution < -0.4 is 9.91 Å². The lowest BCUT2D eigenvalue weighted by molar-refractivity contribution is 0.110. The van der Waals surface area contributed by atoms with Crippen molar-refractivity contribution in [3.05, 3.63) is 65.1 Å². The molecule has 1 fully saturated rings. The number of hydrazine groups is 1. The summed E-state index contributed by atoms with van der Waals surface area (Å²) in [6, 6.07) is 11.2. The highest BCUT2D eigenvalue weighted by molar-refractivity contribution is 7.83. The predicted octanol–water partition coefficient (Wildman–Crippen LogP) is 3.12. The predicted molar refractivity (Wildman–Crippen MR) is 152 cm³/mol. The van der Waals surface area contributed by atoms with Crippen LogP contribution in [-0.2, 0) is 11.2 Å². The van der Waals surface area contributed by atoms with E-state index in [0.717, 1.165) is 66.7 Å². The number of aliphatic hydroxyl groups excluding tert-OH is 1. The fourth-order valence-corrected chi connectivity index (χ4v) is 5.25. The van der Waals surface area contributed by atoms with E-state index in [0.29, 0.717) is 12.6 Å². The van der Waals surface area contributed by atoms with E-state index in [9.17, 15) is 9.50 Å². The van der Waals surface area contributed by atoms with E-state index in [4.69, 9.17) is 9.72 Å². The highest BCUT2D eigenvalue weighted by Crippen LogP contribution is 2.30. The molecule has 2 aliphatic rings. The Hall–Kier alpha value is -3.44. The van der Waals surface area contributed by atoms with Crippen LogP contribution in [0, 0.1) is 5.82 Å². The zero-order chi connectivity index (χ0) is 26.8. The zero-order valence-corrected chi connectivity index (χ0v) is 22.9. The third kappa shape index (κ3) is 5.00. The average Bonchev–Trinajstić information content (AvgIpc) is 3.58. The molecule has 0 bridgehead atoms. The number of hydrogen-bond donors (Lipinski definition) is 2.